The first kappa shape index (κ1) is 19.9. The third-order valence-electron chi connectivity index (χ3n) is 4.74. The number of carbonyl (C=O) groups excluding carboxylic acids is 1. The molecule has 4 rings (SSSR count). The van der Waals surface area contributed by atoms with E-state index in [4.69, 9.17) is 16.0 Å². The summed E-state index contributed by atoms with van der Waals surface area (Å²) >= 11 is 6.22. The van der Waals surface area contributed by atoms with E-state index in [0.717, 1.165) is 5.56 Å². The van der Waals surface area contributed by atoms with Gasteiger partial charge in [0, 0.05) is 6.54 Å². The van der Waals surface area contributed by atoms with Gasteiger partial charge in [0.2, 0.25) is 11.8 Å². The van der Waals surface area contributed by atoms with Gasteiger partial charge >= 0.3 is 0 Å². The predicted octanol–water partition coefficient (Wildman–Crippen LogP) is 5.62. The maximum absolute atomic E-state index is 13.1. The molecule has 4 aromatic rings. The van der Waals surface area contributed by atoms with Gasteiger partial charge in [0.25, 0.3) is 5.91 Å². The zero-order valence-electron chi connectivity index (χ0n) is 16.7. The highest BCUT2D eigenvalue weighted by atomic mass is 35.5. The quantitative estimate of drug-likeness (QED) is 0.438. The van der Waals surface area contributed by atoms with Crippen LogP contribution in [0, 0.1) is 0 Å². The minimum absolute atomic E-state index is 0.318. The molecule has 0 aliphatic rings. The lowest BCUT2D eigenvalue weighted by atomic mass is 10.0. The first-order valence-electron chi connectivity index (χ1n) is 9.66. The van der Waals surface area contributed by atoms with E-state index in [0.29, 0.717) is 40.6 Å². The molecule has 0 bridgehead atoms. The fourth-order valence-corrected chi connectivity index (χ4v) is 3.25. The van der Waals surface area contributed by atoms with E-state index in [1.165, 1.54) is 16.5 Å². The Morgan fingerprint density at radius 1 is 1.10 bits per heavy atom. The predicted molar refractivity (Wildman–Crippen MR) is 117 cm³/mol. The SMILES string of the molecule is CC(C)c1ccc(CNc2nc(-c3ccco3)nn2C(=O)c2ccccc2Cl)cc1. The molecule has 30 heavy (non-hydrogen) atoms. The fourth-order valence-electron chi connectivity index (χ4n) is 3.03. The highest BCUT2D eigenvalue weighted by Gasteiger charge is 2.21. The molecule has 2 aromatic carbocycles. The Morgan fingerprint density at radius 3 is 2.53 bits per heavy atom. The van der Waals surface area contributed by atoms with E-state index in [1.54, 1.807) is 36.4 Å². The Kier molecular flexibility index (Phi) is 5.68. The van der Waals surface area contributed by atoms with Crippen LogP contribution < -0.4 is 5.32 Å². The number of nitrogens with one attached hydrogen (secondary N) is 1. The standard InChI is InChI=1S/C23H21ClN4O2/c1-15(2)17-11-9-16(10-12-17)14-25-23-26-21(20-8-5-13-30-20)27-28(23)22(29)18-6-3-4-7-19(18)24/h3-13,15H,14H2,1-2H3,(H,25,26,27). The Hall–Kier alpha value is -3.38. The van der Waals surface area contributed by atoms with Crippen molar-refractivity contribution in [2.24, 2.45) is 0 Å². The second kappa shape index (κ2) is 8.55. The van der Waals surface area contributed by atoms with Crippen molar-refractivity contribution >= 4 is 23.5 Å². The molecule has 0 atom stereocenters. The smallest absolute Gasteiger partial charge is 0.282 e. The number of hydrogen-bond donors (Lipinski definition) is 1. The molecule has 7 heteroatoms. The normalized spacial score (nSPS) is 11.1. The molecule has 2 aromatic heterocycles. The summed E-state index contributed by atoms with van der Waals surface area (Å²) in [5.74, 6) is 1.21. The van der Waals surface area contributed by atoms with E-state index in [1.807, 2.05) is 0 Å². The molecule has 0 aliphatic carbocycles. The number of anilines is 1. The van der Waals surface area contributed by atoms with Gasteiger partial charge in [-0.05, 0) is 41.3 Å². The average molecular weight is 421 g/mol. The van der Waals surface area contributed by atoms with Gasteiger partial charge in [-0.25, -0.2) is 0 Å². The van der Waals surface area contributed by atoms with Crippen LogP contribution in [0.4, 0.5) is 5.95 Å². The van der Waals surface area contributed by atoms with Crippen LogP contribution in [0.5, 0.6) is 0 Å². The Morgan fingerprint density at radius 2 is 1.87 bits per heavy atom. The average Bonchev–Trinajstić information content (AvgIpc) is 3.42. The number of carbonyl (C=O) groups is 1. The van der Waals surface area contributed by atoms with E-state index in [9.17, 15) is 4.79 Å². The Balaban J connectivity index is 1.64. The van der Waals surface area contributed by atoms with E-state index < -0.39 is 0 Å². The molecule has 0 amide bonds. The van der Waals surface area contributed by atoms with Crippen molar-refractivity contribution in [3.05, 3.63) is 88.6 Å². The number of rotatable bonds is 6. The van der Waals surface area contributed by atoms with Gasteiger partial charge < -0.3 is 9.73 Å². The van der Waals surface area contributed by atoms with E-state index in [-0.39, 0.29) is 5.91 Å². The van der Waals surface area contributed by atoms with Gasteiger partial charge in [-0.3, -0.25) is 4.79 Å². The maximum Gasteiger partial charge on any atom is 0.282 e. The van der Waals surface area contributed by atoms with Crippen molar-refractivity contribution in [1.82, 2.24) is 14.8 Å². The van der Waals surface area contributed by atoms with Gasteiger partial charge in [-0.15, -0.1) is 5.10 Å². The van der Waals surface area contributed by atoms with E-state index in [2.05, 4.69) is 53.5 Å². The summed E-state index contributed by atoms with van der Waals surface area (Å²) in [7, 11) is 0. The molecule has 0 saturated heterocycles. The van der Waals surface area contributed by atoms with E-state index >= 15 is 0 Å². The lowest BCUT2D eigenvalue weighted by Gasteiger charge is -2.09. The summed E-state index contributed by atoms with van der Waals surface area (Å²) in [4.78, 5) is 17.6. The van der Waals surface area contributed by atoms with Gasteiger partial charge in [0.15, 0.2) is 5.76 Å². The van der Waals surface area contributed by atoms with Crippen LogP contribution in [0.25, 0.3) is 11.6 Å². The zero-order valence-corrected chi connectivity index (χ0v) is 17.4. The lowest BCUT2D eigenvalue weighted by molar-refractivity contribution is 0.0947. The fraction of sp³-hybridized carbons (Fsp3) is 0.174. The number of aromatic nitrogens is 3. The third-order valence-corrected chi connectivity index (χ3v) is 5.07. The van der Waals surface area contributed by atoms with Crippen molar-refractivity contribution in [3.63, 3.8) is 0 Å². The van der Waals surface area contributed by atoms with Crippen molar-refractivity contribution in [3.8, 4) is 11.6 Å². The molecule has 1 N–H and O–H groups in total. The van der Waals surface area contributed by atoms with Crippen LogP contribution in [-0.4, -0.2) is 20.7 Å². The number of nitrogens with zero attached hydrogens (tertiary/aromatic N) is 3. The number of benzene rings is 2. The summed E-state index contributed by atoms with van der Waals surface area (Å²) < 4.78 is 6.62. The molecular formula is C23H21ClN4O2. The molecule has 6 nitrogen and oxygen atoms in total. The first-order chi connectivity index (χ1) is 14.5. The molecular weight excluding hydrogens is 400 g/mol. The number of halogens is 1. The monoisotopic (exact) mass is 420 g/mol. The van der Waals surface area contributed by atoms with Crippen LogP contribution in [0.3, 0.4) is 0 Å². The van der Waals surface area contributed by atoms with Gasteiger partial charge in [0.05, 0.1) is 16.8 Å². The summed E-state index contributed by atoms with van der Waals surface area (Å²) in [6.45, 7) is 4.81. The second-order valence-corrected chi connectivity index (χ2v) is 7.59. The number of hydrogen-bond acceptors (Lipinski definition) is 5. The summed E-state index contributed by atoms with van der Waals surface area (Å²) in [5.41, 5.74) is 2.69. The summed E-state index contributed by atoms with van der Waals surface area (Å²) in [5, 5.41) is 7.93. The maximum atomic E-state index is 13.1. The molecule has 0 saturated carbocycles. The molecule has 0 fully saturated rings. The van der Waals surface area contributed by atoms with Crippen molar-refractivity contribution < 1.29 is 9.21 Å². The third kappa shape index (κ3) is 4.14. The highest BCUT2D eigenvalue weighted by Crippen LogP contribution is 2.22. The van der Waals surface area contributed by atoms with Gasteiger partial charge in [-0.1, -0.05) is 61.8 Å². The van der Waals surface area contributed by atoms with Crippen LogP contribution in [0.1, 0.15) is 41.3 Å². The van der Waals surface area contributed by atoms with Crippen molar-refractivity contribution in [2.45, 2.75) is 26.3 Å². The highest BCUT2D eigenvalue weighted by molar-refractivity contribution is 6.33. The number of furan rings is 1. The molecule has 0 radical (unpaired) electrons. The van der Waals surface area contributed by atoms with Crippen LogP contribution in [-0.2, 0) is 6.54 Å². The molecule has 0 unspecified atom stereocenters. The second-order valence-electron chi connectivity index (χ2n) is 7.18. The minimum Gasteiger partial charge on any atom is -0.461 e. The van der Waals surface area contributed by atoms with Crippen molar-refractivity contribution in [1.29, 1.82) is 0 Å². The summed E-state index contributed by atoms with van der Waals surface area (Å²) in [6, 6.07) is 18.7. The van der Waals surface area contributed by atoms with Crippen LogP contribution in [0.15, 0.2) is 71.3 Å². The zero-order chi connectivity index (χ0) is 21.1. The molecule has 2 heterocycles. The van der Waals surface area contributed by atoms with Crippen LogP contribution in [0.2, 0.25) is 5.02 Å². The Bertz CT molecular complexity index is 1150. The first-order valence-corrected chi connectivity index (χ1v) is 10.0. The van der Waals surface area contributed by atoms with Crippen LogP contribution >= 0.6 is 11.6 Å². The summed E-state index contributed by atoms with van der Waals surface area (Å²) in [6.07, 6.45) is 1.54. The Labute approximate surface area is 179 Å². The topological polar surface area (TPSA) is 73.0 Å². The van der Waals surface area contributed by atoms with Crippen molar-refractivity contribution in [2.75, 3.05) is 5.32 Å². The molecule has 152 valence electrons. The van der Waals surface area contributed by atoms with Gasteiger partial charge in [0.1, 0.15) is 0 Å². The minimum atomic E-state index is -0.372. The largest absolute Gasteiger partial charge is 0.461 e. The molecule has 0 spiro atoms. The lowest BCUT2D eigenvalue weighted by Crippen LogP contribution is -2.18. The molecule has 0 aliphatic heterocycles. The van der Waals surface area contributed by atoms with Gasteiger partial charge in [-0.2, -0.15) is 9.67 Å².